The van der Waals surface area contributed by atoms with Gasteiger partial charge >= 0.3 is 0 Å². The van der Waals surface area contributed by atoms with Crippen molar-refractivity contribution >= 4 is 5.69 Å². The highest BCUT2D eigenvalue weighted by Crippen LogP contribution is 2.22. The van der Waals surface area contributed by atoms with Gasteiger partial charge in [0.2, 0.25) is 0 Å². The smallest absolute Gasteiger partial charge is 0.127 e. The monoisotopic (exact) mass is 296 g/mol. The molecule has 2 aromatic rings. The molecule has 1 saturated heterocycles. The van der Waals surface area contributed by atoms with Crippen LogP contribution >= 0.6 is 0 Å². The van der Waals surface area contributed by atoms with Gasteiger partial charge in [0.15, 0.2) is 0 Å². The summed E-state index contributed by atoms with van der Waals surface area (Å²) in [5.41, 5.74) is 1.15. The summed E-state index contributed by atoms with van der Waals surface area (Å²) in [6.07, 6.45) is 4.10. The van der Waals surface area contributed by atoms with Crippen molar-refractivity contribution in [1.82, 2.24) is 4.90 Å². The first-order chi connectivity index (χ1) is 10.9. The molecule has 0 unspecified atom stereocenters. The maximum atomic E-state index is 5.80. The fraction of sp³-hybridized carbons (Fsp3) is 0.368. The molecule has 0 bridgehead atoms. The predicted octanol–water partition coefficient (Wildman–Crippen LogP) is 4.38. The summed E-state index contributed by atoms with van der Waals surface area (Å²) in [6, 6.07) is 18.0. The zero-order valence-corrected chi connectivity index (χ0v) is 13.0. The van der Waals surface area contributed by atoms with E-state index in [1.54, 1.807) is 0 Å². The molecule has 0 atom stereocenters. The average molecular weight is 296 g/mol. The summed E-state index contributed by atoms with van der Waals surface area (Å²) in [6.45, 7) is 4.64. The highest BCUT2D eigenvalue weighted by atomic mass is 16.5. The molecule has 3 nitrogen and oxygen atoms in total. The summed E-state index contributed by atoms with van der Waals surface area (Å²) < 4.78 is 5.80. The summed E-state index contributed by atoms with van der Waals surface area (Å²) in [7, 11) is 0. The van der Waals surface area contributed by atoms with Crippen LogP contribution in [0.15, 0.2) is 54.6 Å². The predicted molar refractivity (Wildman–Crippen MR) is 91.7 cm³/mol. The molecule has 1 aliphatic heterocycles. The molecule has 0 aliphatic carbocycles. The number of piperidine rings is 1. The SMILES string of the molecule is c1ccc(Oc2ccc(NCCN3CCCCC3)cc2)cc1. The molecule has 0 amide bonds. The minimum absolute atomic E-state index is 0.868. The Morgan fingerprint density at radius 1 is 0.818 bits per heavy atom. The van der Waals surface area contributed by atoms with Crippen LogP contribution in [-0.2, 0) is 0 Å². The van der Waals surface area contributed by atoms with Gasteiger partial charge in [0, 0.05) is 18.8 Å². The number of nitrogens with zero attached hydrogens (tertiary/aromatic N) is 1. The Kier molecular flexibility index (Phi) is 5.32. The Labute approximate surface area is 132 Å². The molecule has 3 heteroatoms. The maximum Gasteiger partial charge on any atom is 0.127 e. The van der Waals surface area contributed by atoms with Crippen molar-refractivity contribution in [3.63, 3.8) is 0 Å². The van der Waals surface area contributed by atoms with Gasteiger partial charge in [-0.3, -0.25) is 0 Å². The Morgan fingerprint density at radius 2 is 1.50 bits per heavy atom. The zero-order valence-electron chi connectivity index (χ0n) is 13.0. The summed E-state index contributed by atoms with van der Waals surface area (Å²) in [5, 5.41) is 3.49. The standard InChI is InChI=1S/C19H24N2O/c1-3-7-18(8-4-1)22-19-11-9-17(10-12-19)20-13-16-21-14-5-2-6-15-21/h1,3-4,7-12,20H,2,5-6,13-16H2. The molecule has 1 aliphatic rings. The van der Waals surface area contributed by atoms with E-state index in [1.165, 1.54) is 32.4 Å². The number of nitrogens with one attached hydrogen (secondary N) is 1. The topological polar surface area (TPSA) is 24.5 Å². The zero-order chi connectivity index (χ0) is 15.0. The van der Waals surface area contributed by atoms with E-state index in [9.17, 15) is 0 Å². The van der Waals surface area contributed by atoms with Crippen LogP contribution < -0.4 is 10.1 Å². The van der Waals surface area contributed by atoms with Crippen molar-refractivity contribution < 1.29 is 4.74 Å². The van der Waals surface area contributed by atoms with E-state index in [4.69, 9.17) is 4.74 Å². The minimum Gasteiger partial charge on any atom is -0.457 e. The molecule has 1 heterocycles. The van der Waals surface area contributed by atoms with Gasteiger partial charge in [0.05, 0.1) is 0 Å². The number of likely N-dealkylation sites (tertiary alicyclic amines) is 1. The molecular formula is C19H24N2O. The van der Waals surface area contributed by atoms with Crippen molar-refractivity contribution in [3.05, 3.63) is 54.6 Å². The lowest BCUT2D eigenvalue weighted by molar-refractivity contribution is 0.237. The lowest BCUT2D eigenvalue weighted by Gasteiger charge is -2.26. The van der Waals surface area contributed by atoms with E-state index in [0.29, 0.717) is 0 Å². The molecule has 1 fully saturated rings. The van der Waals surface area contributed by atoms with Gasteiger partial charge in [-0.25, -0.2) is 0 Å². The Hall–Kier alpha value is -2.00. The number of benzene rings is 2. The third-order valence-corrected chi connectivity index (χ3v) is 4.04. The molecule has 2 aromatic carbocycles. The number of ether oxygens (including phenoxy) is 1. The molecule has 0 spiro atoms. The molecule has 1 N–H and O–H groups in total. The first kappa shape index (κ1) is 14.9. The first-order valence-electron chi connectivity index (χ1n) is 8.19. The van der Waals surface area contributed by atoms with Crippen molar-refractivity contribution in [2.75, 3.05) is 31.5 Å². The number of anilines is 1. The quantitative estimate of drug-likeness (QED) is 0.856. The molecule has 0 radical (unpaired) electrons. The Morgan fingerprint density at radius 3 is 2.23 bits per heavy atom. The molecule has 0 saturated carbocycles. The Bertz CT molecular complexity index is 547. The molecule has 22 heavy (non-hydrogen) atoms. The van der Waals surface area contributed by atoms with Crippen LogP contribution in [0, 0.1) is 0 Å². The molecular weight excluding hydrogens is 272 g/mol. The van der Waals surface area contributed by atoms with Crippen LogP contribution in [0.25, 0.3) is 0 Å². The number of hydrogen-bond donors (Lipinski definition) is 1. The van der Waals surface area contributed by atoms with Gasteiger partial charge in [-0.15, -0.1) is 0 Å². The van der Waals surface area contributed by atoms with Crippen molar-refractivity contribution in [2.45, 2.75) is 19.3 Å². The second-order valence-corrected chi connectivity index (χ2v) is 5.77. The van der Waals surface area contributed by atoms with E-state index >= 15 is 0 Å². The van der Waals surface area contributed by atoms with Gasteiger partial charge in [0.1, 0.15) is 11.5 Å². The van der Waals surface area contributed by atoms with E-state index in [0.717, 1.165) is 30.3 Å². The van der Waals surface area contributed by atoms with Crippen molar-refractivity contribution in [2.24, 2.45) is 0 Å². The Balaban J connectivity index is 1.45. The summed E-state index contributed by atoms with van der Waals surface area (Å²) in [5.74, 6) is 1.74. The van der Waals surface area contributed by atoms with Gasteiger partial charge in [-0.2, -0.15) is 0 Å². The third kappa shape index (κ3) is 4.50. The summed E-state index contributed by atoms with van der Waals surface area (Å²) in [4.78, 5) is 2.55. The van der Waals surface area contributed by atoms with Crippen LogP contribution in [0.3, 0.4) is 0 Å². The van der Waals surface area contributed by atoms with E-state index < -0.39 is 0 Å². The largest absolute Gasteiger partial charge is 0.457 e. The van der Waals surface area contributed by atoms with Gasteiger partial charge < -0.3 is 15.0 Å². The second kappa shape index (κ2) is 7.85. The second-order valence-electron chi connectivity index (χ2n) is 5.77. The van der Waals surface area contributed by atoms with E-state index in [2.05, 4.69) is 22.3 Å². The fourth-order valence-corrected chi connectivity index (χ4v) is 2.81. The van der Waals surface area contributed by atoms with Crippen LogP contribution in [0.1, 0.15) is 19.3 Å². The van der Waals surface area contributed by atoms with Crippen molar-refractivity contribution in [1.29, 1.82) is 0 Å². The van der Waals surface area contributed by atoms with Gasteiger partial charge in [-0.1, -0.05) is 24.6 Å². The lowest BCUT2D eigenvalue weighted by atomic mass is 10.1. The molecule has 116 valence electrons. The average Bonchev–Trinajstić information content (AvgIpc) is 2.58. The van der Waals surface area contributed by atoms with E-state index in [1.807, 2.05) is 42.5 Å². The minimum atomic E-state index is 0.868. The van der Waals surface area contributed by atoms with Gasteiger partial charge in [-0.05, 0) is 62.3 Å². The maximum absolute atomic E-state index is 5.80. The van der Waals surface area contributed by atoms with Gasteiger partial charge in [0.25, 0.3) is 0 Å². The lowest BCUT2D eigenvalue weighted by Crippen LogP contribution is -2.33. The van der Waals surface area contributed by atoms with Crippen LogP contribution in [0.2, 0.25) is 0 Å². The third-order valence-electron chi connectivity index (χ3n) is 4.04. The number of rotatable bonds is 6. The fourth-order valence-electron chi connectivity index (χ4n) is 2.81. The highest BCUT2D eigenvalue weighted by molar-refractivity contribution is 5.47. The van der Waals surface area contributed by atoms with Crippen LogP contribution in [0.4, 0.5) is 5.69 Å². The summed E-state index contributed by atoms with van der Waals surface area (Å²) >= 11 is 0. The highest BCUT2D eigenvalue weighted by Gasteiger charge is 2.08. The van der Waals surface area contributed by atoms with Crippen LogP contribution in [0.5, 0.6) is 11.5 Å². The van der Waals surface area contributed by atoms with Crippen molar-refractivity contribution in [3.8, 4) is 11.5 Å². The number of hydrogen-bond acceptors (Lipinski definition) is 3. The molecule has 0 aromatic heterocycles. The van der Waals surface area contributed by atoms with E-state index in [-0.39, 0.29) is 0 Å². The van der Waals surface area contributed by atoms with Crippen LogP contribution in [-0.4, -0.2) is 31.1 Å². The molecule has 3 rings (SSSR count). The normalized spacial score (nSPS) is 15.5. The first-order valence-corrected chi connectivity index (χ1v) is 8.19. The number of para-hydroxylation sites is 1.